The van der Waals surface area contributed by atoms with E-state index in [2.05, 4.69) is 18.7 Å². The van der Waals surface area contributed by atoms with Crippen LogP contribution in [-0.2, 0) is 0 Å². The average molecular weight is 288 g/mol. The molecule has 1 aliphatic rings. The second-order valence-corrected chi connectivity index (χ2v) is 6.32. The lowest BCUT2D eigenvalue weighted by molar-refractivity contribution is 0.140. The Morgan fingerprint density at radius 2 is 1.89 bits per heavy atom. The van der Waals surface area contributed by atoms with Crippen molar-refractivity contribution in [3.8, 4) is 0 Å². The van der Waals surface area contributed by atoms with Gasteiger partial charge in [-0.3, -0.25) is 0 Å². The Morgan fingerprint density at radius 3 is 2.53 bits per heavy atom. The van der Waals surface area contributed by atoms with Crippen LogP contribution in [-0.4, -0.2) is 24.5 Å². The first-order valence-corrected chi connectivity index (χ1v) is 7.20. The van der Waals surface area contributed by atoms with Crippen LogP contribution in [0, 0.1) is 23.5 Å². The number of piperidine rings is 1. The number of nitrogens with zero attached hydrogens (tertiary/aromatic N) is 1. The highest BCUT2D eigenvalue weighted by Gasteiger charge is 2.25. The lowest BCUT2D eigenvalue weighted by atomic mass is 9.91. The van der Waals surface area contributed by atoms with Gasteiger partial charge in [0.15, 0.2) is 0 Å². The van der Waals surface area contributed by atoms with Crippen molar-refractivity contribution >= 4 is 11.6 Å². The highest BCUT2D eigenvalue weighted by molar-refractivity contribution is 6.21. The van der Waals surface area contributed by atoms with Gasteiger partial charge in [0.05, 0.1) is 5.38 Å². The topological polar surface area (TPSA) is 3.24 Å². The molecule has 0 amide bonds. The Kier molecular flexibility index (Phi) is 4.80. The minimum absolute atomic E-state index is 0.257. The fraction of sp³-hybridized carbons (Fsp3) is 0.600. The lowest BCUT2D eigenvalue weighted by Crippen LogP contribution is -2.40. The number of halogens is 3. The summed E-state index contributed by atoms with van der Waals surface area (Å²) in [4.78, 5) is 2.25. The maximum Gasteiger partial charge on any atom is 0.128 e. The molecule has 1 aromatic carbocycles. The van der Waals surface area contributed by atoms with Crippen molar-refractivity contribution in [1.82, 2.24) is 4.90 Å². The zero-order valence-electron chi connectivity index (χ0n) is 11.4. The molecule has 1 heterocycles. The van der Waals surface area contributed by atoms with Crippen molar-refractivity contribution < 1.29 is 8.78 Å². The SMILES string of the molecule is CC1CC(C)CN(CC(Cl)c2cc(F)ccc2F)C1. The van der Waals surface area contributed by atoms with E-state index in [1.807, 2.05) is 0 Å². The van der Waals surface area contributed by atoms with Crippen LogP contribution in [0.25, 0.3) is 0 Å². The summed E-state index contributed by atoms with van der Waals surface area (Å²) in [6.45, 7) is 6.95. The molecule has 0 spiro atoms. The van der Waals surface area contributed by atoms with E-state index in [9.17, 15) is 8.78 Å². The average Bonchev–Trinajstić information content (AvgIpc) is 2.30. The molecule has 0 N–H and O–H groups in total. The molecule has 3 atom stereocenters. The maximum atomic E-state index is 13.7. The molecule has 2 rings (SSSR count). The van der Waals surface area contributed by atoms with E-state index in [1.165, 1.54) is 12.5 Å². The molecular formula is C15H20ClF2N. The van der Waals surface area contributed by atoms with Crippen LogP contribution < -0.4 is 0 Å². The molecule has 0 aliphatic carbocycles. The van der Waals surface area contributed by atoms with Crippen molar-refractivity contribution in [2.24, 2.45) is 11.8 Å². The van der Waals surface area contributed by atoms with Gasteiger partial charge in [-0.1, -0.05) is 13.8 Å². The fourth-order valence-electron chi connectivity index (χ4n) is 3.02. The standard InChI is InChI=1S/C15H20ClF2N/c1-10-5-11(2)8-19(7-10)9-14(16)13-6-12(17)3-4-15(13)18/h3-4,6,10-11,14H,5,7-9H2,1-2H3. The number of benzene rings is 1. The highest BCUT2D eigenvalue weighted by atomic mass is 35.5. The van der Waals surface area contributed by atoms with E-state index in [1.54, 1.807) is 0 Å². The quantitative estimate of drug-likeness (QED) is 0.752. The number of hydrogen-bond donors (Lipinski definition) is 0. The highest BCUT2D eigenvalue weighted by Crippen LogP contribution is 2.28. The van der Waals surface area contributed by atoms with Gasteiger partial charge in [0.25, 0.3) is 0 Å². The molecule has 0 saturated carbocycles. The predicted molar refractivity (Wildman–Crippen MR) is 74.3 cm³/mol. The van der Waals surface area contributed by atoms with Crippen molar-refractivity contribution in [2.45, 2.75) is 25.6 Å². The Labute approximate surface area is 118 Å². The maximum absolute atomic E-state index is 13.7. The Hall–Kier alpha value is -0.670. The van der Waals surface area contributed by atoms with Crippen LogP contribution >= 0.6 is 11.6 Å². The zero-order valence-corrected chi connectivity index (χ0v) is 12.1. The van der Waals surface area contributed by atoms with E-state index in [0.29, 0.717) is 18.4 Å². The van der Waals surface area contributed by atoms with Gasteiger partial charge in [0.2, 0.25) is 0 Å². The number of rotatable bonds is 3. The first kappa shape index (κ1) is 14.7. The zero-order chi connectivity index (χ0) is 14.0. The third-order valence-corrected chi connectivity index (χ3v) is 4.03. The molecule has 1 aliphatic heterocycles. The van der Waals surface area contributed by atoms with Crippen LogP contribution in [0.15, 0.2) is 18.2 Å². The largest absolute Gasteiger partial charge is 0.301 e. The molecule has 0 radical (unpaired) electrons. The van der Waals surface area contributed by atoms with Gasteiger partial charge in [-0.05, 0) is 36.5 Å². The van der Waals surface area contributed by atoms with E-state index in [-0.39, 0.29) is 5.56 Å². The van der Waals surface area contributed by atoms with Crippen LogP contribution in [0.4, 0.5) is 8.78 Å². The van der Waals surface area contributed by atoms with E-state index >= 15 is 0 Å². The first-order valence-electron chi connectivity index (χ1n) is 6.77. The van der Waals surface area contributed by atoms with Crippen molar-refractivity contribution in [2.75, 3.05) is 19.6 Å². The number of likely N-dealkylation sites (tertiary alicyclic amines) is 1. The second kappa shape index (κ2) is 6.19. The Balaban J connectivity index is 2.04. The monoisotopic (exact) mass is 287 g/mol. The van der Waals surface area contributed by atoms with Gasteiger partial charge in [0.1, 0.15) is 11.6 Å². The van der Waals surface area contributed by atoms with E-state index in [0.717, 1.165) is 25.2 Å². The number of alkyl halides is 1. The molecule has 0 aromatic heterocycles. The third kappa shape index (κ3) is 3.90. The summed E-state index contributed by atoms with van der Waals surface area (Å²) in [5, 5.41) is -0.506. The summed E-state index contributed by atoms with van der Waals surface area (Å²) in [6.07, 6.45) is 1.22. The molecule has 1 nitrogen and oxygen atoms in total. The Bertz CT molecular complexity index is 428. The van der Waals surface area contributed by atoms with Crippen molar-refractivity contribution in [3.63, 3.8) is 0 Å². The van der Waals surface area contributed by atoms with Crippen molar-refractivity contribution in [1.29, 1.82) is 0 Å². The van der Waals surface area contributed by atoms with Gasteiger partial charge in [-0.2, -0.15) is 0 Å². The van der Waals surface area contributed by atoms with E-state index in [4.69, 9.17) is 11.6 Å². The lowest BCUT2D eigenvalue weighted by Gasteiger charge is -2.36. The normalized spacial score (nSPS) is 26.4. The second-order valence-electron chi connectivity index (χ2n) is 5.80. The summed E-state index contributed by atoms with van der Waals surface area (Å²) in [7, 11) is 0. The van der Waals surface area contributed by atoms with Gasteiger partial charge >= 0.3 is 0 Å². The molecule has 19 heavy (non-hydrogen) atoms. The summed E-state index contributed by atoms with van der Waals surface area (Å²) in [6, 6.07) is 3.46. The molecule has 4 heteroatoms. The summed E-state index contributed by atoms with van der Waals surface area (Å²) in [5.41, 5.74) is 0.257. The molecule has 3 unspecified atom stereocenters. The predicted octanol–water partition coefficient (Wildman–Crippen LogP) is 4.22. The van der Waals surface area contributed by atoms with Gasteiger partial charge < -0.3 is 4.90 Å². The van der Waals surface area contributed by atoms with Crippen LogP contribution in [0.5, 0.6) is 0 Å². The molecule has 1 fully saturated rings. The molecule has 1 saturated heterocycles. The minimum atomic E-state index is -0.506. The third-order valence-electron chi connectivity index (χ3n) is 3.66. The van der Waals surface area contributed by atoms with E-state index < -0.39 is 17.0 Å². The van der Waals surface area contributed by atoms with Gasteiger partial charge in [0, 0.05) is 25.2 Å². The minimum Gasteiger partial charge on any atom is -0.301 e. The molecule has 106 valence electrons. The van der Waals surface area contributed by atoms with Crippen LogP contribution in [0.2, 0.25) is 0 Å². The number of hydrogen-bond acceptors (Lipinski definition) is 1. The van der Waals surface area contributed by atoms with Crippen LogP contribution in [0.3, 0.4) is 0 Å². The van der Waals surface area contributed by atoms with Gasteiger partial charge in [-0.15, -0.1) is 11.6 Å². The van der Waals surface area contributed by atoms with Crippen molar-refractivity contribution in [3.05, 3.63) is 35.4 Å². The summed E-state index contributed by atoms with van der Waals surface area (Å²) < 4.78 is 26.8. The smallest absolute Gasteiger partial charge is 0.128 e. The van der Waals surface area contributed by atoms with Crippen LogP contribution in [0.1, 0.15) is 31.2 Å². The summed E-state index contributed by atoms with van der Waals surface area (Å²) >= 11 is 6.26. The Morgan fingerprint density at radius 1 is 1.26 bits per heavy atom. The summed E-state index contributed by atoms with van der Waals surface area (Å²) in [5.74, 6) is 0.386. The molecule has 0 bridgehead atoms. The first-order chi connectivity index (χ1) is 8.95. The molecular weight excluding hydrogens is 268 g/mol. The van der Waals surface area contributed by atoms with Gasteiger partial charge in [-0.25, -0.2) is 8.78 Å². The fourth-order valence-corrected chi connectivity index (χ4v) is 3.38. The molecule has 1 aromatic rings.